The van der Waals surface area contributed by atoms with Crippen molar-refractivity contribution in [3.05, 3.63) is 28.8 Å². The Hall–Kier alpha value is -1.96. The number of halogens is 4. The van der Waals surface area contributed by atoms with Crippen molar-refractivity contribution in [2.24, 2.45) is 0 Å². The number of fused-ring (bicyclic) bond motifs is 1. The molecular formula is C12H9ClF3NO4. The van der Waals surface area contributed by atoms with Crippen LogP contribution in [0.1, 0.15) is 18.4 Å². The van der Waals surface area contributed by atoms with Gasteiger partial charge in [0.2, 0.25) is 5.60 Å². The number of rotatable bonds is 3. The highest BCUT2D eigenvalue weighted by Crippen LogP contribution is 2.50. The fourth-order valence-corrected chi connectivity index (χ4v) is 2.30. The Kier molecular flexibility index (Phi) is 3.75. The lowest BCUT2D eigenvalue weighted by Crippen LogP contribution is -2.50. The zero-order valence-electron chi connectivity index (χ0n) is 10.3. The van der Waals surface area contributed by atoms with Crippen molar-refractivity contribution < 1.29 is 32.6 Å². The molecule has 0 aromatic heterocycles. The fourth-order valence-electron chi connectivity index (χ4n) is 2.13. The Morgan fingerprint density at radius 1 is 1.43 bits per heavy atom. The molecule has 1 aliphatic heterocycles. The SMILES string of the molecule is O=C(O)CC[C@]1(C(F)(F)F)OC(=O)Nc2ccc(Cl)cc21. The molecule has 9 heteroatoms. The summed E-state index contributed by atoms with van der Waals surface area (Å²) in [5.41, 5.74) is -3.56. The Balaban J connectivity index is 2.61. The summed E-state index contributed by atoms with van der Waals surface area (Å²) >= 11 is 5.70. The van der Waals surface area contributed by atoms with Crippen LogP contribution in [0.2, 0.25) is 5.02 Å². The minimum atomic E-state index is -4.99. The number of carbonyl (C=O) groups is 2. The van der Waals surface area contributed by atoms with E-state index >= 15 is 0 Å². The Labute approximate surface area is 121 Å². The number of carboxylic acids is 1. The number of anilines is 1. The molecule has 0 radical (unpaired) electrons. The molecule has 0 saturated heterocycles. The van der Waals surface area contributed by atoms with Crippen LogP contribution in [0.4, 0.5) is 23.7 Å². The van der Waals surface area contributed by atoms with E-state index < -0.39 is 42.2 Å². The Bertz CT molecular complexity index is 605. The van der Waals surface area contributed by atoms with Crippen LogP contribution in [0.5, 0.6) is 0 Å². The van der Waals surface area contributed by atoms with Crippen molar-refractivity contribution in [2.75, 3.05) is 5.32 Å². The largest absolute Gasteiger partial charge is 0.481 e. The van der Waals surface area contributed by atoms with Gasteiger partial charge in [0, 0.05) is 23.4 Å². The number of nitrogens with one attached hydrogen (secondary N) is 1. The highest BCUT2D eigenvalue weighted by Gasteiger charge is 2.62. The fraction of sp³-hybridized carbons (Fsp3) is 0.333. The molecule has 1 aromatic carbocycles. The molecule has 1 aromatic rings. The van der Waals surface area contributed by atoms with Crippen LogP contribution in [-0.2, 0) is 15.1 Å². The van der Waals surface area contributed by atoms with Gasteiger partial charge in [-0.3, -0.25) is 10.1 Å². The van der Waals surface area contributed by atoms with Crippen molar-refractivity contribution in [3.8, 4) is 0 Å². The number of carboxylic acid groups (broad SMARTS) is 1. The Morgan fingerprint density at radius 3 is 2.67 bits per heavy atom. The number of ether oxygens (including phenoxy) is 1. The summed E-state index contributed by atoms with van der Waals surface area (Å²) in [6.45, 7) is 0. The number of hydrogen-bond donors (Lipinski definition) is 2. The third kappa shape index (κ3) is 2.76. The van der Waals surface area contributed by atoms with Gasteiger partial charge in [0.25, 0.3) is 0 Å². The number of alkyl halides is 3. The minimum absolute atomic E-state index is 0.0115. The van der Waals surface area contributed by atoms with Crippen molar-refractivity contribution in [1.82, 2.24) is 0 Å². The molecule has 0 spiro atoms. The van der Waals surface area contributed by atoms with Gasteiger partial charge in [-0.05, 0) is 18.2 Å². The molecule has 5 nitrogen and oxygen atoms in total. The van der Waals surface area contributed by atoms with Gasteiger partial charge in [0.05, 0.1) is 5.69 Å². The molecule has 2 rings (SSSR count). The maximum atomic E-state index is 13.5. The van der Waals surface area contributed by atoms with Crippen LogP contribution in [0.25, 0.3) is 0 Å². The van der Waals surface area contributed by atoms with E-state index in [9.17, 15) is 22.8 Å². The average Bonchev–Trinajstić information content (AvgIpc) is 2.35. The summed E-state index contributed by atoms with van der Waals surface area (Å²) in [7, 11) is 0. The molecule has 21 heavy (non-hydrogen) atoms. The molecule has 1 heterocycles. The minimum Gasteiger partial charge on any atom is -0.481 e. The standard InChI is InChI=1S/C12H9ClF3NO4/c13-6-1-2-8-7(5-6)11(12(14,15)16,4-3-9(18)19)21-10(20)17-8/h1-2,5H,3-4H2,(H,17,20)(H,18,19)/t11-/m0/s1. The zero-order chi connectivity index (χ0) is 15.8. The summed E-state index contributed by atoms with van der Waals surface area (Å²) in [6.07, 6.45) is -8.04. The summed E-state index contributed by atoms with van der Waals surface area (Å²) in [4.78, 5) is 22.0. The molecule has 0 bridgehead atoms. The number of amides is 1. The number of cyclic esters (lactones) is 1. The maximum absolute atomic E-state index is 13.5. The molecule has 2 N–H and O–H groups in total. The third-order valence-corrected chi connectivity index (χ3v) is 3.30. The van der Waals surface area contributed by atoms with Crippen LogP contribution in [0.15, 0.2) is 18.2 Å². The van der Waals surface area contributed by atoms with Crippen LogP contribution in [0.3, 0.4) is 0 Å². The average molecular weight is 324 g/mol. The molecule has 1 atom stereocenters. The molecule has 0 saturated carbocycles. The first-order chi connectivity index (χ1) is 9.65. The first-order valence-electron chi connectivity index (χ1n) is 5.74. The van der Waals surface area contributed by atoms with E-state index in [-0.39, 0.29) is 10.7 Å². The van der Waals surface area contributed by atoms with Crippen molar-refractivity contribution >= 4 is 29.4 Å². The smallest absolute Gasteiger partial charge is 0.432 e. The normalized spacial score (nSPS) is 21.2. The molecular weight excluding hydrogens is 315 g/mol. The lowest BCUT2D eigenvalue weighted by atomic mass is 9.86. The molecule has 1 amide bonds. The van der Waals surface area contributed by atoms with Gasteiger partial charge in [-0.1, -0.05) is 11.6 Å². The summed E-state index contributed by atoms with van der Waals surface area (Å²) in [5, 5.41) is 10.8. The van der Waals surface area contributed by atoms with Gasteiger partial charge in [-0.15, -0.1) is 0 Å². The Morgan fingerprint density at radius 2 is 2.10 bits per heavy atom. The van der Waals surface area contributed by atoms with Crippen molar-refractivity contribution in [2.45, 2.75) is 24.6 Å². The van der Waals surface area contributed by atoms with Crippen molar-refractivity contribution in [1.29, 1.82) is 0 Å². The third-order valence-electron chi connectivity index (χ3n) is 3.07. The van der Waals surface area contributed by atoms with E-state index in [0.717, 1.165) is 6.07 Å². The second-order valence-corrected chi connectivity index (χ2v) is 4.86. The van der Waals surface area contributed by atoms with Gasteiger partial charge in [-0.2, -0.15) is 13.2 Å². The van der Waals surface area contributed by atoms with Gasteiger partial charge < -0.3 is 9.84 Å². The van der Waals surface area contributed by atoms with Gasteiger partial charge in [0.15, 0.2) is 0 Å². The van der Waals surface area contributed by atoms with Crippen LogP contribution in [0, 0.1) is 0 Å². The second-order valence-electron chi connectivity index (χ2n) is 4.42. The summed E-state index contributed by atoms with van der Waals surface area (Å²) in [5.74, 6) is -1.43. The maximum Gasteiger partial charge on any atom is 0.432 e. The lowest BCUT2D eigenvalue weighted by molar-refractivity contribution is -0.267. The number of hydrogen-bond acceptors (Lipinski definition) is 3. The first kappa shape index (κ1) is 15.4. The van der Waals surface area contributed by atoms with E-state index in [1.165, 1.54) is 12.1 Å². The quantitative estimate of drug-likeness (QED) is 0.892. The van der Waals surface area contributed by atoms with Crippen LogP contribution in [-0.4, -0.2) is 23.3 Å². The summed E-state index contributed by atoms with van der Waals surface area (Å²) < 4.78 is 44.9. The zero-order valence-corrected chi connectivity index (χ0v) is 11.1. The van der Waals surface area contributed by atoms with E-state index in [0.29, 0.717) is 0 Å². The first-order valence-corrected chi connectivity index (χ1v) is 6.12. The van der Waals surface area contributed by atoms with Gasteiger partial charge in [-0.25, -0.2) is 4.79 Å². The van der Waals surface area contributed by atoms with Crippen LogP contribution < -0.4 is 5.32 Å². The number of benzene rings is 1. The monoisotopic (exact) mass is 323 g/mol. The van der Waals surface area contributed by atoms with E-state index in [1.54, 1.807) is 0 Å². The number of aliphatic carboxylic acids is 1. The second kappa shape index (κ2) is 5.10. The predicted molar refractivity (Wildman–Crippen MR) is 66.2 cm³/mol. The van der Waals surface area contributed by atoms with Crippen LogP contribution >= 0.6 is 11.6 Å². The van der Waals surface area contributed by atoms with E-state index in [4.69, 9.17) is 16.7 Å². The lowest BCUT2D eigenvalue weighted by Gasteiger charge is -2.39. The molecule has 0 aliphatic carbocycles. The molecule has 114 valence electrons. The molecule has 1 aliphatic rings. The summed E-state index contributed by atoms with van der Waals surface area (Å²) in [6, 6.07) is 3.52. The highest BCUT2D eigenvalue weighted by atomic mass is 35.5. The van der Waals surface area contributed by atoms with Gasteiger partial charge in [0.1, 0.15) is 0 Å². The number of carbonyl (C=O) groups excluding carboxylic acids is 1. The van der Waals surface area contributed by atoms with E-state index in [1.807, 2.05) is 0 Å². The highest BCUT2D eigenvalue weighted by molar-refractivity contribution is 6.30. The van der Waals surface area contributed by atoms with E-state index in [2.05, 4.69) is 10.1 Å². The van der Waals surface area contributed by atoms with Crippen molar-refractivity contribution in [3.63, 3.8) is 0 Å². The predicted octanol–water partition coefficient (Wildman–Crippen LogP) is 3.52. The topological polar surface area (TPSA) is 75.6 Å². The molecule has 0 fully saturated rings. The molecule has 0 unspecified atom stereocenters. The van der Waals surface area contributed by atoms with Gasteiger partial charge >= 0.3 is 18.2 Å².